The van der Waals surface area contributed by atoms with Crippen LogP contribution in [0.25, 0.3) is 11.1 Å². The van der Waals surface area contributed by atoms with Gasteiger partial charge in [-0.15, -0.1) is 0 Å². The Hall–Kier alpha value is -2.29. The van der Waals surface area contributed by atoms with Gasteiger partial charge < -0.3 is 9.84 Å². The summed E-state index contributed by atoms with van der Waals surface area (Å²) in [5.41, 5.74) is 4.54. The molecule has 1 aliphatic carbocycles. The fourth-order valence-electron chi connectivity index (χ4n) is 2.53. The molecule has 0 bridgehead atoms. The summed E-state index contributed by atoms with van der Waals surface area (Å²) in [6.07, 6.45) is 0.657. The van der Waals surface area contributed by atoms with Gasteiger partial charge in [0, 0.05) is 0 Å². The second kappa shape index (κ2) is 3.88. The van der Waals surface area contributed by atoms with Crippen molar-refractivity contribution < 1.29 is 14.6 Å². The molecule has 0 saturated carbocycles. The van der Waals surface area contributed by atoms with Crippen molar-refractivity contribution in [3.8, 4) is 16.9 Å². The number of hydrogen-bond donors (Lipinski definition) is 1. The van der Waals surface area contributed by atoms with Gasteiger partial charge in [0.05, 0.1) is 12.7 Å². The van der Waals surface area contributed by atoms with Crippen LogP contribution in [0, 0.1) is 0 Å². The highest BCUT2D eigenvalue weighted by Gasteiger charge is 2.23. The van der Waals surface area contributed by atoms with Gasteiger partial charge in [0.25, 0.3) is 0 Å². The molecule has 0 fully saturated rings. The van der Waals surface area contributed by atoms with Crippen molar-refractivity contribution in [2.45, 2.75) is 6.42 Å². The second-order valence-corrected chi connectivity index (χ2v) is 4.34. The summed E-state index contributed by atoms with van der Waals surface area (Å²) in [7, 11) is 1.63. The third kappa shape index (κ3) is 1.48. The monoisotopic (exact) mass is 240 g/mol. The lowest BCUT2D eigenvalue weighted by Crippen LogP contribution is -2.01. The van der Waals surface area contributed by atoms with Crippen molar-refractivity contribution in [3.05, 3.63) is 53.1 Å². The van der Waals surface area contributed by atoms with Gasteiger partial charge in [-0.1, -0.05) is 18.2 Å². The van der Waals surface area contributed by atoms with Crippen LogP contribution in [0.15, 0.2) is 36.4 Å². The average Bonchev–Trinajstić information content (AvgIpc) is 2.75. The van der Waals surface area contributed by atoms with Gasteiger partial charge in [0.2, 0.25) is 0 Å². The van der Waals surface area contributed by atoms with Crippen molar-refractivity contribution in [2.24, 2.45) is 0 Å². The minimum Gasteiger partial charge on any atom is -0.497 e. The third-order valence-electron chi connectivity index (χ3n) is 3.38. The first-order chi connectivity index (χ1) is 8.70. The van der Waals surface area contributed by atoms with E-state index in [1.54, 1.807) is 19.2 Å². The number of fused-ring (bicyclic) bond motifs is 3. The minimum atomic E-state index is -0.869. The number of aromatic carboxylic acids is 1. The molecule has 0 atom stereocenters. The Balaban J connectivity index is 2.18. The van der Waals surface area contributed by atoms with Gasteiger partial charge in [-0.05, 0) is 46.9 Å². The van der Waals surface area contributed by atoms with Crippen LogP contribution in [0.2, 0.25) is 0 Å². The quantitative estimate of drug-likeness (QED) is 0.749. The van der Waals surface area contributed by atoms with Gasteiger partial charge in [0.15, 0.2) is 0 Å². The average molecular weight is 240 g/mol. The lowest BCUT2D eigenvalue weighted by Gasteiger charge is -2.04. The highest BCUT2D eigenvalue weighted by molar-refractivity contribution is 5.94. The summed E-state index contributed by atoms with van der Waals surface area (Å²) in [6.45, 7) is 0. The number of hydrogen-bond acceptors (Lipinski definition) is 2. The zero-order valence-corrected chi connectivity index (χ0v) is 9.93. The molecular formula is C15H12O3. The topological polar surface area (TPSA) is 46.5 Å². The molecule has 2 aromatic rings. The summed E-state index contributed by atoms with van der Waals surface area (Å²) in [4.78, 5) is 11.2. The molecular weight excluding hydrogens is 228 g/mol. The van der Waals surface area contributed by atoms with Crippen molar-refractivity contribution >= 4 is 5.97 Å². The Kier molecular flexibility index (Phi) is 2.33. The first-order valence-corrected chi connectivity index (χ1v) is 5.73. The van der Waals surface area contributed by atoms with E-state index in [4.69, 9.17) is 4.74 Å². The number of benzene rings is 2. The third-order valence-corrected chi connectivity index (χ3v) is 3.38. The lowest BCUT2D eigenvalue weighted by atomic mass is 10.0. The van der Waals surface area contributed by atoms with Crippen LogP contribution in [0.4, 0.5) is 0 Å². The van der Waals surface area contributed by atoms with Crippen LogP contribution in [-0.2, 0) is 6.42 Å². The maximum atomic E-state index is 11.2. The molecule has 0 aliphatic heterocycles. The SMILES string of the molecule is COc1ccc2c(c1)Cc1c(C(=O)O)cccc1-2. The zero-order valence-electron chi connectivity index (χ0n) is 9.93. The number of rotatable bonds is 2. The lowest BCUT2D eigenvalue weighted by molar-refractivity contribution is 0.0696. The zero-order chi connectivity index (χ0) is 12.7. The van der Waals surface area contributed by atoms with Crippen LogP contribution in [0.3, 0.4) is 0 Å². The second-order valence-electron chi connectivity index (χ2n) is 4.34. The van der Waals surface area contributed by atoms with E-state index in [0.717, 1.165) is 28.0 Å². The Morgan fingerprint density at radius 2 is 2.06 bits per heavy atom. The predicted octanol–water partition coefficient (Wildman–Crippen LogP) is 2.96. The largest absolute Gasteiger partial charge is 0.497 e. The van der Waals surface area contributed by atoms with E-state index in [-0.39, 0.29) is 0 Å². The Morgan fingerprint density at radius 3 is 2.78 bits per heavy atom. The summed E-state index contributed by atoms with van der Waals surface area (Å²) in [6, 6.07) is 11.3. The van der Waals surface area contributed by atoms with E-state index in [2.05, 4.69) is 0 Å². The predicted molar refractivity (Wildman–Crippen MR) is 68.2 cm³/mol. The maximum absolute atomic E-state index is 11.2. The van der Waals surface area contributed by atoms with Crippen molar-refractivity contribution in [3.63, 3.8) is 0 Å². The standard InChI is InChI=1S/C15H12O3/c1-18-10-5-6-11-9(7-10)8-14-12(11)3-2-4-13(14)15(16)17/h2-7H,8H2,1H3,(H,16,17). The van der Waals surface area contributed by atoms with Gasteiger partial charge in [-0.25, -0.2) is 4.79 Å². The van der Waals surface area contributed by atoms with Crippen LogP contribution in [-0.4, -0.2) is 18.2 Å². The molecule has 18 heavy (non-hydrogen) atoms. The Labute approximate surface area is 105 Å². The van der Waals surface area contributed by atoms with Gasteiger partial charge in [0.1, 0.15) is 5.75 Å². The molecule has 90 valence electrons. The van der Waals surface area contributed by atoms with E-state index >= 15 is 0 Å². The number of methoxy groups -OCH3 is 1. The summed E-state index contributed by atoms with van der Waals surface area (Å²) >= 11 is 0. The fraction of sp³-hybridized carbons (Fsp3) is 0.133. The highest BCUT2D eigenvalue weighted by atomic mass is 16.5. The van der Waals surface area contributed by atoms with Crippen LogP contribution in [0.1, 0.15) is 21.5 Å². The maximum Gasteiger partial charge on any atom is 0.335 e. The molecule has 0 unspecified atom stereocenters. The summed E-state index contributed by atoms with van der Waals surface area (Å²) < 4.78 is 5.20. The molecule has 0 spiro atoms. The van der Waals surface area contributed by atoms with Crippen molar-refractivity contribution in [1.82, 2.24) is 0 Å². The number of carbonyl (C=O) groups is 1. The van der Waals surface area contributed by atoms with Crippen molar-refractivity contribution in [1.29, 1.82) is 0 Å². The number of carboxylic acid groups (broad SMARTS) is 1. The molecule has 3 rings (SSSR count). The fourth-order valence-corrected chi connectivity index (χ4v) is 2.53. The van der Waals surface area contributed by atoms with E-state index < -0.39 is 5.97 Å². The molecule has 0 radical (unpaired) electrons. The van der Waals surface area contributed by atoms with E-state index in [1.807, 2.05) is 24.3 Å². The molecule has 0 aromatic heterocycles. The summed E-state index contributed by atoms with van der Waals surface area (Å²) in [5, 5.41) is 9.20. The van der Waals surface area contributed by atoms with Crippen LogP contribution in [0.5, 0.6) is 5.75 Å². The molecule has 3 nitrogen and oxygen atoms in total. The molecule has 1 N–H and O–H groups in total. The molecule has 2 aromatic carbocycles. The van der Waals surface area contributed by atoms with Gasteiger partial charge in [-0.2, -0.15) is 0 Å². The van der Waals surface area contributed by atoms with E-state index in [0.29, 0.717) is 12.0 Å². The Morgan fingerprint density at radius 1 is 1.22 bits per heavy atom. The van der Waals surface area contributed by atoms with E-state index in [9.17, 15) is 9.90 Å². The number of ether oxygens (including phenoxy) is 1. The minimum absolute atomic E-state index is 0.391. The first kappa shape index (κ1) is 10.8. The molecule has 1 aliphatic rings. The smallest absolute Gasteiger partial charge is 0.335 e. The molecule has 0 amide bonds. The van der Waals surface area contributed by atoms with Crippen LogP contribution < -0.4 is 4.74 Å². The highest BCUT2D eigenvalue weighted by Crippen LogP contribution is 2.39. The normalized spacial score (nSPS) is 11.8. The van der Waals surface area contributed by atoms with E-state index in [1.165, 1.54) is 0 Å². The van der Waals surface area contributed by atoms with Crippen molar-refractivity contribution in [2.75, 3.05) is 7.11 Å². The van der Waals surface area contributed by atoms with Crippen LogP contribution >= 0.6 is 0 Å². The first-order valence-electron chi connectivity index (χ1n) is 5.73. The molecule has 0 heterocycles. The van der Waals surface area contributed by atoms with Gasteiger partial charge >= 0.3 is 5.97 Å². The molecule has 3 heteroatoms. The number of carboxylic acids is 1. The summed E-state index contributed by atoms with van der Waals surface area (Å²) in [5.74, 6) is -0.0648. The van der Waals surface area contributed by atoms with Gasteiger partial charge in [-0.3, -0.25) is 0 Å². The Bertz CT molecular complexity index is 644. The molecule has 0 saturated heterocycles.